The van der Waals surface area contributed by atoms with Gasteiger partial charge in [-0.15, -0.1) is 0 Å². The Morgan fingerprint density at radius 1 is 1.08 bits per heavy atom. The van der Waals surface area contributed by atoms with E-state index >= 15 is 0 Å². The van der Waals surface area contributed by atoms with Gasteiger partial charge in [-0.25, -0.2) is 0 Å². The van der Waals surface area contributed by atoms with E-state index in [2.05, 4.69) is 41.5 Å². The van der Waals surface area contributed by atoms with Gasteiger partial charge in [-0.3, -0.25) is 0 Å². The van der Waals surface area contributed by atoms with E-state index in [1.54, 1.807) is 0 Å². The van der Waals surface area contributed by atoms with Crippen molar-refractivity contribution in [3.05, 3.63) is 0 Å². The molecule has 0 radical (unpaired) electrons. The summed E-state index contributed by atoms with van der Waals surface area (Å²) in [6, 6.07) is 0. The van der Waals surface area contributed by atoms with Crippen LogP contribution in [0.2, 0.25) is 0 Å². The van der Waals surface area contributed by atoms with E-state index in [1.165, 1.54) is 0 Å². The standard InChI is InChI=1S/C11H24O/c1-7-11(6,8-2)12-10(5)9(3)4/h9-10H,7-8H2,1-6H3. The van der Waals surface area contributed by atoms with Crippen molar-refractivity contribution in [1.82, 2.24) is 0 Å². The van der Waals surface area contributed by atoms with Gasteiger partial charge in [-0.05, 0) is 32.6 Å². The van der Waals surface area contributed by atoms with Crippen LogP contribution in [-0.4, -0.2) is 11.7 Å². The second-order valence-corrected chi connectivity index (χ2v) is 4.22. The molecule has 1 unspecified atom stereocenters. The van der Waals surface area contributed by atoms with Gasteiger partial charge in [0.1, 0.15) is 0 Å². The Labute approximate surface area is 77.5 Å². The normalized spacial score (nSPS) is 15.2. The molecule has 0 saturated carbocycles. The molecule has 0 N–H and O–H groups in total. The van der Waals surface area contributed by atoms with E-state index in [-0.39, 0.29) is 5.60 Å². The topological polar surface area (TPSA) is 9.23 Å². The number of hydrogen-bond donors (Lipinski definition) is 0. The first-order chi connectivity index (χ1) is 5.45. The molecule has 1 heteroatoms. The molecular formula is C11H24O. The van der Waals surface area contributed by atoms with Crippen molar-refractivity contribution in [2.75, 3.05) is 0 Å². The van der Waals surface area contributed by atoms with E-state index in [1.807, 2.05) is 0 Å². The number of rotatable bonds is 5. The molecule has 0 bridgehead atoms. The molecule has 0 rings (SSSR count). The third-order valence-electron chi connectivity index (χ3n) is 2.91. The van der Waals surface area contributed by atoms with Gasteiger partial charge in [-0.1, -0.05) is 27.7 Å². The van der Waals surface area contributed by atoms with Crippen molar-refractivity contribution in [3.63, 3.8) is 0 Å². The Hall–Kier alpha value is -0.0400. The summed E-state index contributed by atoms with van der Waals surface area (Å²) >= 11 is 0. The van der Waals surface area contributed by atoms with E-state index < -0.39 is 0 Å². The van der Waals surface area contributed by atoms with Crippen molar-refractivity contribution in [1.29, 1.82) is 0 Å². The molecule has 0 aliphatic heterocycles. The summed E-state index contributed by atoms with van der Waals surface area (Å²) in [4.78, 5) is 0. The van der Waals surface area contributed by atoms with Crippen LogP contribution in [0.4, 0.5) is 0 Å². The van der Waals surface area contributed by atoms with Gasteiger partial charge >= 0.3 is 0 Å². The predicted molar refractivity (Wildman–Crippen MR) is 54.4 cm³/mol. The van der Waals surface area contributed by atoms with Crippen molar-refractivity contribution in [2.45, 2.75) is 66.1 Å². The SMILES string of the molecule is CCC(C)(CC)OC(C)C(C)C. The van der Waals surface area contributed by atoms with Crippen LogP contribution >= 0.6 is 0 Å². The minimum Gasteiger partial charge on any atom is -0.372 e. The zero-order chi connectivity index (χ0) is 9.78. The van der Waals surface area contributed by atoms with Gasteiger partial charge < -0.3 is 4.74 Å². The smallest absolute Gasteiger partial charge is 0.0653 e. The maximum atomic E-state index is 6.00. The molecule has 0 fully saturated rings. The molecule has 0 aromatic heterocycles. The average Bonchev–Trinajstić information content (AvgIpc) is 2.04. The molecule has 74 valence electrons. The average molecular weight is 172 g/mol. The lowest BCUT2D eigenvalue weighted by molar-refractivity contribution is -0.0959. The summed E-state index contributed by atoms with van der Waals surface area (Å²) in [6.07, 6.45) is 2.57. The molecule has 0 heterocycles. The van der Waals surface area contributed by atoms with Gasteiger partial charge in [0, 0.05) is 0 Å². The zero-order valence-electron chi connectivity index (χ0n) is 9.48. The highest BCUT2D eigenvalue weighted by Gasteiger charge is 2.24. The van der Waals surface area contributed by atoms with E-state index in [9.17, 15) is 0 Å². The Morgan fingerprint density at radius 2 is 1.50 bits per heavy atom. The number of ether oxygens (including phenoxy) is 1. The Bertz CT molecular complexity index is 114. The summed E-state index contributed by atoms with van der Waals surface area (Å²) in [7, 11) is 0. The summed E-state index contributed by atoms with van der Waals surface area (Å²) in [6.45, 7) is 13.2. The van der Waals surface area contributed by atoms with Crippen molar-refractivity contribution < 1.29 is 4.74 Å². The van der Waals surface area contributed by atoms with Gasteiger partial charge in [0.25, 0.3) is 0 Å². The minimum atomic E-state index is 0.0870. The quantitative estimate of drug-likeness (QED) is 0.615. The minimum absolute atomic E-state index is 0.0870. The lowest BCUT2D eigenvalue weighted by Gasteiger charge is -2.32. The van der Waals surface area contributed by atoms with Gasteiger partial charge in [0.15, 0.2) is 0 Å². The first kappa shape index (κ1) is 12.0. The maximum Gasteiger partial charge on any atom is 0.0653 e. The fourth-order valence-corrected chi connectivity index (χ4v) is 1.00. The molecule has 0 aromatic rings. The summed E-state index contributed by atoms with van der Waals surface area (Å²) in [5.74, 6) is 0.613. The molecule has 0 aliphatic rings. The predicted octanol–water partition coefficient (Wildman–Crippen LogP) is 3.63. The molecule has 0 aromatic carbocycles. The molecule has 12 heavy (non-hydrogen) atoms. The lowest BCUT2D eigenvalue weighted by atomic mass is 9.98. The van der Waals surface area contributed by atoms with Crippen molar-refractivity contribution in [2.24, 2.45) is 5.92 Å². The summed E-state index contributed by atoms with van der Waals surface area (Å²) in [5.41, 5.74) is 0.0870. The Kier molecular flexibility index (Phi) is 4.84. The molecule has 0 spiro atoms. The highest BCUT2D eigenvalue weighted by Crippen LogP contribution is 2.23. The third-order valence-corrected chi connectivity index (χ3v) is 2.91. The van der Waals surface area contributed by atoms with E-state index in [0.29, 0.717) is 12.0 Å². The van der Waals surface area contributed by atoms with Crippen LogP contribution in [0.1, 0.15) is 54.4 Å². The fraction of sp³-hybridized carbons (Fsp3) is 1.00. The highest BCUT2D eigenvalue weighted by atomic mass is 16.5. The van der Waals surface area contributed by atoms with Crippen LogP contribution in [0, 0.1) is 5.92 Å². The molecule has 1 atom stereocenters. The van der Waals surface area contributed by atoms with Crippen molar-refractivity contribution >= 4 is 0 Å². The molecule has 1 nitrogen and oxygen atoms in total. The van der Waals surface area contributed by atoms with E-state index in [0.717, 1.165) is 12.8 Å². The van der Waals surface area contributed by atoms with Crippen molar-refractivity contribution in [3.8, 4) is 0 Å². The van der Waals surface area contributed by atoms with Crippen LogP contribution in [0.5, 0.6) is 0 Å². The van der Waals surface area contributed by atoms with Crippen LogP contribution in [0.15, 0.2) is 0 Å². The van der Waals surface area contributed by atoms with Gasteiger partial charge in [-0.2, -0.15) is 0 Å². The summed E-state index contributed by atoms with van der Waals surface area (Å²) in [5, 5.41) is 0. The Balaban J connectivity index is 4.02. The molecule has 0 saturated heterocycles. The van der Waals surface area contributed by atoms with Crippen LogP contribution in [0.25, 0.3) is 0 Å². The molecule has 0 amide bonds. The largest absolute Gasteiger partial charge is 0.372 e. The van der Waals surface area contributed by atoms with Crippen LogP contribution in [-0.2, 0) is 4.74 Å². The second kappa shape index (κ2) is 4.86. The highest BCUT2D eigenvalue weighted by molar-refractivity contribution is 4.73. The van der Waals surface area contributed by atoms with Crippen LogP contribution in [0.3, 0.4) is 0 Å². The van der Waals surface area contributed by atoms with Gasteiger partial charge in [0.2, 0.25) is 0 Å². The van der Waals surface area contributed by atoms with E-state index in [4.69, 9.17) is 4.74 Å². The monoisotopic (exact) mass is 172 g/mol. The second-order valence-electron chi connectivity index (χ2n) is 4.22. The fourth-order valence-electron chi connectivity index (χ4n) is 1.00. The van der Waals surface area contributed by atoms with Crippen LogP contribution < -0.4 is 0 Å². The molecule has 0 aliphatic carbocycles. The summed E-state index contributed by atoms with van der Waals surface area (Å²) < 4.78 is 6.00. The number of hydrogen-bond acceptors (Lipinski definition) is 1. The zero-order valence-corrected chi connectivity index (χ0v) is 9.48. The lowest BCUT2D eigenvalue weighted by Crippen LogP contribution is -2.33. The maximum absolute atomic E-state index is 6.00. The first-order valence-corrected chi connectivity index (χ1v) is 5.13. The third kappa shape index (κ3) is 3.57. The first-order valence-electron chi connectivity index (χ1n) is 5.13. The van der Waals surface area contributed by atoms with Gasteiger partial charge in [0.05, 0.1) is 11.7 Å². The Morgan fingerprint density at radius 3 is 1.75 bits per heavy atom. The molecular weight excluding hydrogens is 148 g/mol.